The summed E-state index contributed by atoms with van der Waals surface area (Å²) in [6, 6.07) is 7.50. The summed E-state index contributed by atoms with van der Waals surface area (Å²) in [4.78, 5) is 32.1. The zero-order valence-electron chi connectivity index (χ0n) is 20.4. The topological polar surface area (TPSA) is 76.9 Å². The van der Waals surface area contributed by atoms with Crippen LogP contribution < -0.4 is 4.90 Å². The molecule has 1 aromatic rings. The van der Waals surface area contributed by atoms with E-state index in [1.165, 1.54) is 0 Å². The zero-order chi connectivity index (χ0) is 23.8. The summed E-state index contributed by atoms with van der Waals surface area (Å²) in [6.45, 7) is 16.3. The number of hydrogen-bond acceptors (Lipinski definition) is 5. The molecule has 0 aromatic heterocycles. The van der Waals surface area contributed by atoms with E-state index in [2.05, 4.69) is 24.8 Å². The van der Waals surface area contributed by atoms with Gasteiger partial charge in [-0.2, -0.15) is 5.26 Å². The normalized spacial score (nSPS) is 21.6. The minimum Gasteiger partial charge on any atom is -0.444 e. The Balaban J connectivity index is 1.77. The predicted molar refractivity (Wildman–Crippen MR) is 125 cm³/mol. The number of ether oxygens (including phenoxy) is 1. The Bertz CT molecular complexity index is 928. The largest absolute Gasteiger partial charge is 0.444 e. The molecule has 2 aliphatic rings. The highest BCUT2D eigenvalue weighted by Gasteiger charge is 2.42. The van der Waals surface area contributed by atoms with Crippen LogP contribution in [0.2, 0.25) is 0 Å². The average Bonchev–Trinajstić information content (AvgIpc) is 2.97. The summed E-state index contributed by atoms with van der Waals surface area (Å²) in [5.41, 5.74) is 1.81. The first-order chi connectivity index (χ1) is 14.9. The van der Waals surface area contributed by atoms with Crippen molar-refractivity contribution in [3.8, 4) is 6.07 Å². The molecule has 2 atom stereocenters. The summed E-state index contributed by atoms with van der Waals surface area (Å²) >= 11 is 0. The van der Waals surface area contributed by atoms with Crippen molar-refractivity contribution in [1.29, 1.82) is 5.26 Å². The minimum atomic E-state index is -0.534. The lowest BCUT2D eigenvalue weighted by atomic mass is 9.86. The van der Waals surface area contributed by atoms with E-state index in [4.69, 9.17) is 4.74 Å². The van der Waals surface area contributed by atoms with E-state index in [1.54, 1.807) is 4.90 Å². The van der Waals surface area contributed by atoms with Gasteiger partial charge in [0.05, 0.1) is 17.7 Å². The molecule has 0 N–H and O–H groups in total. The Morgan fingerprint density at radius 2 is 1.97 bits per heavy atom. The van der Waals surface area contributed by atoms with Crippen LogP contribution >= 0.6 is 0 Å². The van der Waals surface area contributed by atoms with Gasteiger partial charge in [-0.25, -0.2) is 4.79 Å². The van der Waals surface area contributed by atoms with Crippen molar-refractivity contribution in [2.24, 2.45) is 0 Å². The number of nitriles is 1. The number of carbonyl (C=O) groups excluding carboxylic acids is 2. The third-order valence-corrected chi connectivity index (χ3v) is 6.37. The van der Waals surface area contributed by atoms with E-state index < -0.39 is 5.60 Å². The van der Waals surface area contributed by atoms with Crippen LogP contribution in [-0.2, 0) is 14.9 Å². The molecule has 32 heavy (non-hydrogen) atoms. The van der Waals surface area contributed by atoms with Gasteiger partial charge in [0.25, 0.3) is 0 Å². The maximum atomic E-state index is 13.7. The van der Waals surface area contributed by atoms with Gasteiger partial charge in [-0.3, -0.25) is 9.69 Å². The van der Waals surface area contributed by atoms with Gasteiger partial charge in [0, 0.05) is 43.3 Å². The van der Waals surface area contributed by atoms with Crippen molar-refractivity contribution in [3.05, 3.63) is 29.3 Å². The quantitative estimate of drug-likeness (QED) is 0.712. The van der Waals surface area contributed by atoms with E-state index in [0.717, 1.165) is 11.3 Å². The number of amides is 2. The van der Waals surface area contributed by atoms with Crippen LogP contribution in [0.1, 0.15) is 66.0 Å². The molecular formula is C25H36N4O3. The summed E-state index contributed by atoms with van der Waals surface area (Å²) < 4.78 is 5.55. The molecular weight excluding hydrogens is 404 g/mol. The Kier molecular flexibility index (Phi) is 6.57. The van der Waals surface area contributed by atoms with Crippen molar-refractivity contribution in [3.63, 3.8) is 0 Å². The lowest BCUT2D eigenvalue weighted by Crippen LogP contribution is -2.60. The molecule has 0 saturated carbocycles. The molecule has 1 fully saturated rings. The fourth-order valence-electron chi connectivity index (χ4n) is 4.79. The van der Waals surface area contributed by atoms with Crippen molar-refractivity contribution < 1.29 is 14.3 Å². The maximum Gasteiger partial charge on any atom is 0.410 e. The molecule has 0 aliphatic carbocycles. The number of benzene rings is 1. The van der Waals surface area contributed by atoms with Gasteiger partial charge in [-0.15, -0.1) is 0 Å². The number of anilines is 1. The van der Waals surface area contributed by atoms with Gasteiger partial charge >= 0.3 is 6.09 Å². The average molecular weight is 441 g/mol. The van der Waals surface area contributed by atoms with Crippen LogP contribution in [0.3, 0.4) is 0 Å². The molecule has 2 heterocycles. The summed E-state index contributed by atoms with van der Waals surface area (Å²) in [5, 5.41) is 9.35. The Morgan fingerprint density at radius 3 is 2.53 bits per heavy atom. The summed E-state index contributed by atoms with van der Waals surface area (Å²) in [7, 11) is 0. The maximum absolute atomic E-state index is 13.7. The van der Waals surface area contributed by atoms with Gasteiger partial charge < -0.3 is 14.5 Å². The predicted octanol–water partition coefficient (Wildman–Crippen LogP) is 3.90. The van der Waals surface area contributed by atoms with Gasteiger partial charge in [0.2, 0.25) is 5.91 Å². The van der Waals surface area contributed by atoms with Crippen LogP contribution in [0, 0.1) is 11.3 Å². The first-order valence-corrected chi connectivity index (χ1v) is 11.5. The molecule has 2 amide bonds. The second-order valence-corrected chi connectivity index (χ2v) is 10.6. The second kappa shape index (κ2) is 8.74. The van der Waals surface area contributed by atoms with Crippen LogP contribution in [-0.4, -0.2) is 65.7 Å². The molecule has 0 bridgehead atoms. The summed E-state index contributed by atoms with van der Waals surface area (Å²) in [6.07, 6.45) is 0.380. The highest BCUT2D eigenvalue weighted by Crippen LogP contribution is 2.41. The van der Waals surface area contributed by atoms with Crippen LogP contribution in [0.25, 0.3) is 0 Å². The molecule has 0 unspecified atom stereocenters. The molecule has 3 rings (SSSR count). The number of rotatable bonds is 3. The highest BCUT2D eigenvalue weighted by molar-refractivity contribution is 6.00. The zero-order valence-corrected chi connectivity index (χ0v) is 20.4. The number of hydrogen-bond donors (Lipinski definition) is 0. The minimum absolute atomic E-state index is 0.0482. The third kappa shape index (κ3) is 4.75. The van der Waals surface area contributed by atoms with E-state index in [1.807, 2.05) is 57.7 Å². The van der Waals surface area contributed by atoms with Gasteiger partial charge in [0.15, 0.2) is 0 Å². The first kappa shape index (κ1) is 24.1. The van der Waals surface area contributed by atoms with E-state index in [0.29, 0.717) is 38.2 Å². The SMILES string of the molecule is CC[C@@H](C(=O)N1CC(C)(C)c2ccc(C#N)cc21)N1CCN(C(=O)OC(C)(C)C)[C@H](C)C1. The molecule has 0 radical (unpaired) electrons. The molecule has 1 saturated heterocycles. The molecule has 7 nitrogen and oxygen atoms in total. The molecule has 174 valence electrons. The lowest BCUT2D eigenvalue weighted by Gasteiger charge is -2.43. The van der Waals surface area contributed by atoms with Crippen molar-refractivity contribution in [2.75, 3.05) is 31.1 Å². The summed E-state index contributed by atoms with van der Waals surface area (Å²) in [5.74, 6) is 0.0623. The Morgan fingerprint density at radius 1 is 1.28 bits per heavy atom. The van der Waals surface area contributed by atoms with E-state index >= 15 is 0 Å². The second-order valence-electron chi connectivity index (χ2n) is 10.6. The van der Waals surface area contributed by atoms with Crippen LogP contribution in [0.4, 0.5) is 10.5 Å². The third-order valence-electron chi connectivity index (χ3n) is 6.37. The number of piperazine rings is 1. The fraction of sp³-hybridized carbons (Fsp3) is 0.640. The van der Waals surface area contributed by atoms with Gasteiger partial charge in [-0.1, -0.05) is 26.8 Å². The fourth-order valence-corrected chi connectivity index (χ4v) is 4.79. The van der Waals surface area contributed by atoms with E-state index in [-0.39, 0.29) is 29.5 Å². The standard InChI is InChI=1S/C25H36N4O3/c1-8-20(27-11-12-28(17(2)15-27)23(31)32-24(3,4)5)22(30)29-16-25(6,7)19-10-9-18(14-26)13-21(19)29/h9-10,13,17,20H,8,11-12,15-16H2,1-7H3/t17-,20+/m1/s1. The number of fused-ring (bicyclic) bond motifs is 1. The van der Waals surface area contributed by atoms with Crippen LogP contribution in [0.5, 0.6) is 0 Å². The Hall–Kier alpha value is -2.59. The lowest BCUT2D eigenvalue weighted by molar-refractivity contribution is -0.125. The molecule has 7 heteroatoms. The number of carbonyl (C=O) groups is 2. The molecule has 1 aromatic carbocycles. The highest BCUT2D eigenvalue weighted by atomic mass is 16.6. The molecule has 2 aliphatic heterocycles. The van der Waals surface area contributed by atoms with E-state index in [9.17, 15) is 14.9 Å². The Labute approximate surface area is 191 Å². The van der Waals surface area contributed by atoms with Gasteiger partial charge in [0.1, 0.15) is 5.60 Å². The van der Waals surface area contributed by atoms with Crippen molar-refractivity contribution >= 4 is 17.7 Å². The molecule has 0 spiro atoms. The smallest absolute Gasteiger partial charge is 0.410 e. The number of nitrogens with zero attached hydrogens (tertiary/aromatic N) is 4. The van der Waals surface area contributed by atoms with Crippen molar-refractivity contribution in [2.45, 2.75) is 78.0 Å². The van der Waals surface area contributed by atoms with Crippen LogP contribution in [0.15, 0.2) is 18.2 Å². The monoisotopic (exact) mass is 440 g/mol. The van der Waals surface area contributed by atoms with Crippen molar-refractivity contribution in [1.82, 2.24) is 9.80 Å². The first-order valence-electron chi connectivity index (χ1n) is 11.5. The van der Waals surface area contributed by atoms with Gasteiger partial charge in [-0.05, 0) is 51.8 Å².